The molecule has 2 aromatic carbocycles. The van der Waals surface area contributed by atoms with Crippen molar-refractivity contribution in [2.24, 2.45) is 0 Å². The van der Waals surface area contributed by atoms with Crippen LogP contribution < -0.4 is 5.32 Å². The Morgan fingerprint density at radius 2 is 1.89 bits per heavy atom. The third-order valence-corrected chi connectivity index (χ3v) is 5.50. The van der Waals surface area contributed by atoms with Gasteiger partial charge in [-0.15, -0.1) is 11.3 Å². The maximum atomic E-state index is 12.4. The normalized spacial score (nSPS) is 10.8. The molecule has 0 radical (unpaired) electrons. The van der Waals surface area contributed by atoms with E-state index < -0.39 is 0 Å². The van der Waals surface area contributed by atoms with Crippen molar-refractivity contribution in [1.29, 1.82) is 0 Å². The molecule has 5 nitrogen and oxygen atoms in total. The number of amides is 1. The van der Waals surface area contributed by atoms with Gasteiger partial charge in [-0.05, 0) is 11.6 Å². The summed E-state index contributed by atoms with van der Waals surface area (Å²) < 4.78 is 1.70. The van der Waals surface area contributed by atoms with Crippen molar-refractivity contribution in [3.05, 3.63) is 94.2 Å². The number of thiazole rings is 1. The number of nitrogens with zero attached hydrogens (tertiary/aromatic N) is 3. The number of benzene rings is 2. The molecule has 0 unspecified atom stereocenters. The smallest absolute Gasteiger partial charge is 0.254 e. The Morgan fingerprint density at radius 1 is 1.11 bits per heavy atom. The number of rotatable bonds is 6. The van der Waals surface area contributed by atoms with E-state index >= 15 is 0 Å². The maximum Gasteiger partial charge on any atom is 0.254 e. The van der Waals surface area contributed by atoms with Crippen molar-refractivity contribution in [1.82, 2.24) is 20.1 Å². The Balaban J connectivity index is 1.36. The second kappa shape index (κ2) is 8.37. The van der Waals surface area contributed by atoms with Crippen molar-refractivity contribution >= 4 is 28.8 Å². The lowest BCUT2D eigenvalue weighted by Gasteiger charge is -2.04. The lowest BCUT2D eigenvalue weighted by molar-refractivity contribution is 0.0950. The van der Waals surface area contributed by atoms with Crippen LogP contribution in [-0.4, -0.2) is 20.7 Å². The van der Waals surface area contributed by atoms with Gasteiger partial charge < -0.3 is 5.32 Å². The van der Waals surface area contributed by atoms with E-state index in [4.69, 9.17) is 11.6 Å². The van der Waals surface area contributed by atoms with Gasteiger partial charge in [0.15, 0.2) is 0 Å². The van der Waals surface area contributed by atoms with Gasteiger partial charge in [0.2, 0.25) is 0 Å². The van der Waals surface area contributed by atoms with Gasteiger partial charge in [-0.2, -0.15) is 5.10 Å². The summed E-state index contributed by atoms with van der Waals surface area (Å²) in [7, 11) is 0. The fourth-order valence-corrected chi connectivity index (χ4v) is 3.76. The largest absolute Gasteiger partial charge is 0.346 e. The fraction of sp³-hybridized carbons (Fsp3) is 0.0952. The zero-order valence-electron chi connectivity index (χ0n) is 14.9. The van der Waals surface area contributed by atoms with Crippen LogP contribution in [0.25, 0.3) is 10.6 Å². The van der Waals surface area contributed by atoms with E-state index in [0.717, 1.165) is 21.8 Å². The van der Waals surface area contributed by atoms with E-state index in [9.17, 15) is 4.79 Å². The summed E-state index contributed by atoms with van der Waals surface area (Å²) >= 11 is 7.75. The van der Waals surface area contributed by atoms with Crippen LogP contribution in [0, 0.1) is 0 Å². The Kier molecular flexibility index (Phi) is 5.50. The Labute approximate surface area is 171 Å². The van der Waals surface area contributed by atoms with Gasteiger partial charge in [-0.3, -0.25) is 9.48 Å². The van der Waals surface area contributed by atoms with Crippen LogP contribution in [-0.2, 0) is 13.1 Å². The van der Waals surface area contributed by atoms with Gasteiger partial charge in [0, 0.05) is 22.2 Å². The summed E-state index contributed by atoms with van der Waals surface area (Å²) in [6.07, 6.45) is 3.28. The van der Waals surface area contributed by atoms with Gasteiger partial charge in [-0.1, -0.05) is 60.1 Å². The highest BCUT2D eigenvalue weighted by molar-refractivity contribution is 7.13. The summed E-state index contributed by atoms with van der Waals surface area (Å²) in [5.41, 5.74) is 3.37. The molecule has 140 valence electrons. The second-order valence-electron chi connectivity index (χ2n) is 6.21. The van der Waals surface area contributed by atoms with Crippen molar-refractivity contribution in [2.45, 2.75) is 13.1 Å². The molecule has 4 rings (SSSR count). The molecule has 0 fully saturated rings. The molecule has 28 heavy (non-hydrogen) atoms. The molecule has 2 aromatic heterocycles. The van der Waals surface area contributed by atoms with E-state index in [1.165, 1.54) is 0 Å². The van der Waals surface area contributed by atoms with E-state index in [1.54, 1.807) is 28.4 Å². The van der Waals surface area contributed by atoms with Crippen LogP contribution in [0.3, 0.4) is 0 Å². The molecule has 0 aliphatic carbocycles. The van der Waals surface area contributed by atoms with E-state index in [1.807, 2.05) is 60.0 Å². The molecule has 1 N–H and O–H groups in total. The number of hydrogen-bond donors (Lipinski definition) is 1. The molecule has 0 atom stereocenters. The van der Waals surface area contributed by atoms with Crippen molar-refractivity contribution in [3.63, 3.8) is 0 Å². The van der Waals surface area contributed by atoms with Gasteiger partial charge in [0.25, 0.3) is 5.91 Å². The first-order chi connectivity index (χ1) is 13.7. The highest BCUT2D eigenvalue weighted by Gasteiger charge is 2.11. The van der Waals surface area contributed by atoms with E-state index in [-0.39, 0.29) is 5.91 Å². The maximum absolute atomic E-state index is 12.4. The Bertz CT molecular complexity index is 1090. The molecule has 4 aromatic rings. The number of halogens is 1. The Hall–Kier alpha value is -2.96. The van der Waals surface area contributed by atoms with Gasteiger partial charge in [0.05, 0.1) is 30.5 Å². The third kappa shape index (κ3) is 4.30. The average molecular weight is 409 g/mol. The van der Waals surface area contributed by atoms with Crippen LogP contribution in [0.1, 0.15) is 21.6 Å². The average Bonchev–Trinajstić information content (AvgIpc) is 3.38. The summed E-state index contributed by atoms with van der Waals surface area (Å²) in [5.74, 6) is -0.181. The molecule has 0 spiro atoms. The number of carbonyl (C=O) groups is 1. The lowest BCUT2D eigenvalue weighted by Crippen LogP contribution is -2.22. The minimum absolute atomic E-state index is 0.181. The van der Waals surface area contributed by atoms with Crippen LogP contribution in [0.4, 0.5) is 0 Å². The molecule has 0 aliphatic heterocycles. The first kappa shape index (κ1) is 18.4. The zero-order chi connectivity index (χ0) is 19.3. The van der Waals surface area contributed by atoms with Gasteiger partial charge in [0.1, 0.15) is 5.01 Å². The van der Waals surface area contributed by atoms with Crippen molar-refractivity contribution < 1.29 is 4.79 Å². The predicted molar refractivity (Wildman–Crippen MR) is 112 cm³/mol. The first-order valence-corrected chi connectivity index (χ1v) is 9.99. The molecule has 1 amide bonds. The number of carbonyl (C=O) groups excluding carboxylic acids is 1. The minimum atomic E-state index is -0.181. The fourth-order valence-electron chi connectivity index (χ4n) is 2.74. The molecule has 0 saturated carbocycles. The van der Waals surface area contributed by atoms with Crippen molar-refractivity contribution in [3.8, 4) is 10.6 Å². The second-order valence-corrected chi connectivity index (χ2v) is 7.48. The number of nitrogens with one attached hydrogen (secondary N) is 1. The Morgan fingerprint density at radius 3 is 2.71 bits per heavy atom. The highest BCUT2D eigenvalue weighted by atomic mass is 35.5. The molecular weight excluding hydrogens is 392 g/mol. The van der Waals surface area contributed by atoms with Crippen LogP contribution in [0.15, 0.2) is 72.4 Å². The third-order valence-electron chi connectivity index (χ3n) is 4.19. The molecule has 0 saturated heterocycles. The summed E-state index contributed by atoms with van der Waals surface area (Å²) in [4.78, 5) is 17.0. The van der Waals surface area contributed by atoms with Crippen LogP contribution >= 0.6 is 22.9 Å². The zero-order valence-corrected chi connectivity index (χ0v) is 16.5. The van der Waals surface area contributed by atoms with Crippen LogP contribution in [0.2, 0.25) is 5.02 Å². The minimum Gasteiger partial charge on any atom is -0.346 e. The first-order valence-electron chi connectivity index (χ1n) is 8.73. The monoisotopic (exact) mass is 408 g/mol. The molecule has 2 heterocycles. The summed E-state index contributed by atoms with van der Waals surface area (Å²) in [6.45, 7) is 0.886. The van der Waals surface area contributed by atoms with Gasteiger partial charge >= 0.3 is 0 Å². The van der Waals surface area contributed by atoms with Crippen LogP contribution in [0.5, 0.6) is 0 Å². The van der Waals surface area contributed by atoms with E-state index in [0.29, 0.717) is 23.7 Å². The quantitative estimate of drug-likeness (QED) is 0.505. The standard InChI is InChI=1S/C21H17ClN4OS/c22-19-9-5-4-8-16(19)12-26-13-17(10-24-26)20(27)23-11-18-14-28-21(25-18)15-6-2-1-3-7-15/h1-10,13-14H,11-12H2,(H,23,27). The molecule has 0 bridgehead atoms. The molecule has 0 aliphatic rings. The number of hydrogen-bond acceptors (Lipinski definition) is 4. The highest BCUT2D eigenvalue weighted by Crippen LogP contribution is 2.23. The molecular formula is C21H17ClN4OS. The molecule has 7 heteroatoms. The topological polar surface area (TPSA) is 59.8 Å². The predicted octanol–water partition coefficient (Wildman–Crippen LogP) is 4.64. The lowest BCUT2D eigenvalue weighted by atomic mass is 10.2. The SMILES string of the molecule is O=C(NCc1csc(-c2ccccc2)n1)c1cnn(Cc2ccccc2Cl)c1. The number of aromatic nitrogens is 3. The summed E-state index contributed by atoms with van der Waals surface area (Å²) in [5, 5.41) is 10.7. The van der Waals surface area contributed by atoms with E-state index in [2.05, 4.69) is 15.4 Å². The van der Waals surface area contributed by atoms with Gasteiger partial charge in [-0.25, -0.2) is 4.98 Å². The van der Waals surface area contributed by atoms with Crippen molar-refractivity contribution in [2.75, 3.05) is 0 Å². The summed E-state index contributed by atoms with van der Waals surface area (Å²) in [6, 6.07) is 17.6.